The van der Waals surface area contributed by atoms with E-state index in [1.165, 1.54) is 7.11 Å². The average Bonchev–Trinajstić information content (AvgIpc) is 2.84. The monoisotopic (exact) mass is 381 g/mol. The SMILES string of the molecule is COC(=O)c1c(I)c(OC)c2c(c1[N+](=O)[O-])OCO2. The number of hydrogen-bond donors (Lipinski definition) is 0. The highest BCUT2D eigenvalue weighted by atomic mass is 127. The van der Waals surface area contributed by atoms with E-state index in [0.29, 0.717) is 0 Å². The first-order chi connectivity index (χ1) is 9.02. The lowest BCUT2D eigenvalue weighted by molar-refractivity contribution is -0.386. The largest absolute Gasteiger partial charge is 0.492 e. The van der Waals surface area contributed by atoms with Gasteiger partial charge in [0.1, 0.15) is 0 Å². The quantitative estimate of drug-likeness (QED) is 0.340. The highest BCUT2D eigenvalue weighted by Crippen LogP contribution is 2.52. The second-order valence-corrected chi connectivity index (χ2v) is 4.46. The van der Waals surface area contributed by atoms with Crippen LogP contribution in [0.5, 0.6) is 17.2 Å². The molecule has 0 radical (unpaired) electrons. The van der Waals surface area contributed by atoms with Crippen molar-refractivity contribution in [3.63, 3.8) is 0 Å². The molecular formula is C10H8INO7. The van der Waals surface area contributed by atoms with Crippen molar-refractivity contribution < 1.29 is 28.7 Å². The number of rotatable bonds is 3. The third-order valence-electron chi connectivity index (χ3n) is 2.47. The maximum absolute atomic E-state index is 11.7. The van der Waals surface area contributed by atoms with Gasteiger partial charge in [0.2, 0.25) is 18.3 Å². The summed E-state index contributed by atoms with van der Waals surface area (Å²) < 4.78 is 20.1. The molecule has 1 aliphatic rings. The number of ether oxygens (including phenoxy) is 4. The predicted octanol–water partition coefficient (Wildman–Crippen LogP) is 1.72. The Morgan fingerprint density at radius 2 is 2.00 bits per heavy atom. The Kier molecular flexibility index (Phi) is 3.64. The Labute approximate surface area is 120 Å². The van der Waals surface area contributed by atoms with Crippen LogP contribution in [0.25, 0.3) is 0 Å². The van der Waals surface area contributed by atoms with Crippen molar-refractivity contribution in [2.45, 2.75) is 0 Å². The van der Waals surface area contributed by atoms with Gasteiger partial charge >= 0.3 is 11.7 Å². The zero-order valence-electron chi connectivity index (χ0n) is 9.89. The third-order valence-corrected chi connectivity index (χ3v) is 3.50. The van der Waals surface area contributed by atoms with Crippen molar-refractivity contribution in [2.75, 3.05) is 21.0 Å². The molecular weight excluding hydrogens is 373 g/mol. The van der Waals surface area contributed by atoms with Crippen LogP contribution in [0.4, 0.5) is 5.69 Å². The first-order valence-electron chi connectivity index (χ1n) is 4.94. The van der Waals surface area contributed by atoms with Crippen LogP contribution in [0.2, 0.25) is 0 Å². The summed E-state index contributed by atoms with van der Waals surface area (Å²) in [7, 11) is 2.51. The molecule has 0 aliphatic carbocycles. The molecule has 0 spiro atoms. The molecule has 0 bridgehead atoms. The number of nitro benzene ring substituents is 1. The van der Waals surface area contributed by atoms with E-state index >= 15 is 0 Å². The lowest BCUT2D eigenvalue weighted by Crippen LogP contribution is -2.10. The van der Waals surface area contributed by atoms with E-state index in [1.54, 1.807) is 22.6 Å². The van der Waals surface area contributed by atoms with E-state index in [0.717, 1.165) is 7.11 Å². The molecule has 1 heterocycles. The molecule has 0 aromatic heterocycles. The summed E-state index contributed by atoms with van der Waals surface area (Å²) in [6.45, 7) is -0.173. The van der Waals surface area contributed by atoms with Crippen molar-refractivity contribution in [1.82, 2.24) is 0 Å². The van der Waals surface area contributed by atoms with Crippen LogP contribution >= 0.6 is 22.6 Å². The Morgan fingerprint density at radius 3 is 2.53 bits per heavy atom. The predicted molar refractivity (Wildman–Crippen MR) is 69.8 cm³/mol. The van der Waals surface area contributed by atoms with Gasteiger partial charge in [-0.3, -0.25) is 10.1 Å². The lowest BCUT2D eigenvalue weighted by Gasteiger charge is -2.11. The average molecular weight is 381 g/mol. The lowest BCUT2D eigenvalue weighted by atomic mass is 10.1. The fraction of sp³-hybridized carbons (Fsp3) is 0.300. The summed E-state index contributed by atoms with van der Waals surface area (Å²) in [4.78, 5) is 22.2. The van der Waals surface area contributed by atoms with Crippen LogP contribution in [-0.4, -0.2) is 31.9 Å². The molecule has 0 saturated heterocycles. The van der Waals surface area contributed by atoms with Crippen LogP contribution in [0.15, 0.2) is 0 Å². The second-order valence-electron chi connectivity index (χ2n) is 3.38. The number of nitro groups is 1. The first-order valence-corrected chi connectivity index (χ1v) is 6.02. The molecule has 102 valence electrons. The number of halogens is 1. The molecule has 8 nitrogen and oxygen atoms in total. The molecule has 9 heteroatoms. The minimum absolute atomic E-state index is 0.117. The maximum atomic E-state index is 11.7. The number of carbonyl (C=O) groups excluding carboxylic acids is 1. The van der Waals surface area contributed by atoms with E-state index in [-0.39, 0.29) is 33.2 Å². The van der Waals surface area contributed by atoms with E-state index < -0.39 is 16.6 Å². The van der Waals surface area contributed by atoms with E-state index in [9.17, 15) is 14.9 Å². The Bertz CT molecular complexity index is 572. The molecule has 0 atom stereocenters. The molecule has 2 rings (SSSR count). The molecule has 1 aromatic rings. The van der Waals surface area contributed by atoms with Crippen LogP contribution in [-0.2, 0) is 4.74 Å². The number of nitrogens with zero attached hydrogens (tertiary/aromatic N) is 1. The van der Waals surface area contributed by atoms with E-state index in [2.05, 4.69) is 4.74 Å². The smallest absolute Gasteiger partial charge is 0.346 e. The molecule has 0 N–H and O–H groups in total. The minimum atomic E-state index is -0.840. The normalized spacial score (nSPS) is 12.2. The Balaban J connectivity index is 2.85. The third kappa shape index (κ3) is 2.03. The molecule has 19 heavy (non-hydrogen) atoms. The van der Waals surface area contributed by atoms with Gasteiger partial charge in [-0.15, -0.1) is 0 Å². The van der Waals surface area contributed by atoms with Gasteiger partial charge in [0, 0.05) is 0 Å². The fourth-order valence-corrected chi connectivity index (χ4v) is 2.64. The van der Waals surface area contributed by atoms with E-state index in [1.807, 2.05) is 0 Å². The second kappa shape index (κ2) is 5.07. The zero-order valence-corrected chi connectivity index (χ0v) is 12.0. The highest BCUT2D eigenvalue weighted by molar-refractivity contribution is 14.1. The molecule has 0 saturated carbocycles. The molecule has 0 fully saturated rings. The minimum Gasteiger partial charge on any atom is -0.492 e. The number of methoxy groups -OCH3 is 2. The van der Waals surface area contributed by atoms with Crippen LogP contribution in [0.1, 0.15) is 10.4 Å². The Morgan fingerprint density at radius 1 is 1.37 bits per heavy atom. The van der Waals surface area contributed by atoms with Crippen molar-refractivity contribution >= 4 is 34.2 Å². The first kappa shape index (κ1) is 13.6. The zero-order chi connectivity index (χ0) is 14.2. The standard InChI is InChI=1S/C10H8INO7/c1-16-7-5(11)4(10(13)17-2)6(12(14)15)8-9(7)19-3-18-8/h3H2,1-2H3. The summed E-state index contributed by atoms with van der Waals surface area (Å²) in [5.41, 5.74) is -0.696. The summed E-state index contributed by atoms with van der Waals surface area (Å²) in [6.07, 6.45) is 0. The van der Waals surface area contributed by atoms with Gasteiger partial charge < -0.3 is 18.9 Å². The summed E-state index contributed by atoms with van der Waals surface area (Å²) in [6, 6.07) is 0. The fourth-order valence-electron chi connectivity index (χ4n) is 1.70. The van der Waals surface area contributed by atoms with Gasteiger partial charge in [0.05, 0.1) is 22.7 Å². The van der Waals surface area contributed by atoms with E-state index in [4.69, 9.17) is 14.2 Å². The summed E-state index contributed by atoms with van der Waals surface area (Å²) >= 11 is 1.77. The van der Waals surface area contributed by atoms with Gasteiger partial charge in [-0.1, -0.05) is 0 Å². The van der Waals surface area contributed by atoms with Crippen LogP contribution in [0, 0.1) is 13.7 Å². The number of esters is 1. The number of benzene rings is 1. The summed E-state index contributed by atoms with van der Waals surface area (Å²) in [5, 5.41) is 11.2. The summed E-state index contributed by atoms with van der Waals surface area (Å²) in [5.74, 6) is -0.638. The maximum Gasteiger partial charge on any atom is 0.346 e. The van der Waals surface area contributed by atoms with Crippen molar-refractivity contribution in [3.8, 4) is 17.2 Å². The van der Waals surface area contributed by atoms with Crippen molar-refractivity contribution in [2.24, 2.45) is 0 Å². The van der Waals surface area contributed by atoms with Crippen molar-refractivity contribution in [1.29, 1.82) is 0 Å². The number of carbonyl (C=O) groups is 1. The van der Waals surface area contributed by atoms with Gasteiger partial charge in [0.15, 0.2) is 11.3 Å². The molecule has 0 amide bonds. The molecule has 1 aromatic carbocycles. The van der Waals surface area contributed by atoms with Crippen LogP contribution < -0.4 is 14.2 Å². The molecule has 0 unspecified atom stereocenters. The van der Waals surface area contributed by atoms with Gasteiger partial charge in [0.25, 0.3) is 0 Å². The van der Waals surface area contributed by atoms with Crippen LogP contribution in [0.3, 0.4) is 0 Å². The Hall–Kier alpha value is -1.78. The number of hydrogen-bond acceptors (Lipinski definition) is 7. The molecule has 1 aliphatic heterocycles. The van der Waals surface area contributed by atoms with Crippen molar-refractivity contribution in [3.05, 3.63) is 19.2 Å². The van der Waals surface area contributed by atoms with Gasteiger partial charge in [-0.2, -0.15) is 0 Å². The van der Waals surface area contributed by atoms with Gasteiger partial charge in [-0.25, -0.2) is 4.79 Å². The van der Waals surface area contributed by atoms with Gasteiger partial charge in [-0.05, 0) is 22.6 Å². The topological polar surface area (TPSA) is 97.1 Å². The highest BCUT2D eigenvalue weighted by Gasteiger charge is 2.39. The number of fused-ring (bicyclic) bond motifs is 1.